The summed E-state index contributed by atoms with van der Waals surface area (Å²) < 4.78 is 11.6. The standard InChI is InChI=1S/C19H26BNO3/c1-18(2,22)19(3,4)24-20-16-11-10-15(12-17(16)21)23-13-14-8-6-5-7-9-14/h5-12,20,22H,13,21H2,1-4H3. The van der Waals surface area contributed by atoms with E-state index >= 15 is 0 Å². The van der Waals surface area contributed by atoms with Crippen molar-refractivity contribution >= 4 is 18.6 Å². The summed E-state index contributed by atoms with van der Waals surface area (Å²) in [4.78, 5) is 0. The van der Waals surface area contributed by atoms with Crippen LogP contribution < -0.4 is 15.9 Å². The van der Waals surface area contributed by atoms with Gasteiger partial charge in [-0.3, -0.25) is 0 Å². The normalized spacial score (nSPS) is 12.0. The van der Waals surface area contributed by atoms with Crippen molar-refractivity contribution in [3.8, 4) is 5.75 Å². The van der Waals surface area contributed by atoms with E-state index < -0.39 is 11.2 Å². The predicted octanol–water partition coefficient (Wildman–Crippen LogP) is 2.39. The van der Waals surface area contributed by atoms with Crippen LogP contribution in [0.4, 0.5) is 5.69 Å². The molecule has 5 heteroatoms. The number of benzene rings is 2. The fourth-order valence-corrected chi connectivity index (χ4v) is 1.97. The number of nitrogens with two attached hydrogens (primary N) is 1. The first-order valence-corrected chi connectivity index (χ1v) is 8.10. The van der Waals surface area contributed by atoms with Gasteiger partial charge in [0.1, 0.15) is 12.4 Å². The molecule has 0 saturated heterocycles. The fourth-order valence-electron chi connectivity index (χ4n) is 1.97. The third kappa shape index (κ3) is 4.76. The minimum Gasteiger partial charge on any atom is -0.489 e. The first-order chi connectivity index (χ1) is 11.2. The van der Waals surface area contributed by atoms with E-state index in [1.165, 1.54) is 0 Å². The molecule has 0 bridgehead atoms. The van der Waals surface area contributed by atoms with Gasteiger partial charge in [-0.2, -0.15) is 0 Å². The zero-order valence-corrected chi connectivity index (χ0v) is 14.9. The van der Waals surface area contributed by atoms with Crippen molar-refractivity contribution in [2.24, 2.45) is 0 Å². The monoisotopic (exact) mass is 327 g/mol. The van der Waals surface area contributed by atoms with Gasteiger partial charge < -0.3 is 20.2 Å². The van der Waals surface area contributed by atoms with E-state index in [4.69, 9.17) is 15.1 Å². The average molecular weight is 327 g/mol. The van der Waals surface area contributed by atoms with Gasteiger partial charge in [0.25, 0.3) is 0 Å². The minimum absolute atomic E-state index is 0.335. The Balaban J connectivity index is 1.97. The van der Waals surface area contributed by atoms with Gasteiger partial charge in [-0.25, -0.2) is 0 Å². The molecule has 2 rings (SSSR count). The number of rotatable bonds is 7. The van der Waals surface area contributed by atoms with Crippen LogP contribution in [0, 0.1) is 0 Å². The van der Waals surface area contributed by atoms with Crippen molar-refractivity contribution in [2.75, 3.05) is 5.73 Å². The third-order valence-corrected chi connectivity index (χ3v) is 4.43. The summed E-state index contributed by atoms with van der Waals surface area (Å²) in [6.07, 6.45) is 0. The van der Waals surface area contributed by atoms with Crippen LogP contribution in [0.5, 0.6) is 5.75 Å². The maximum absolute atomic E-state index is 10.1. The van der Waals surface area contributed by atoms with E-state index in [2.05, 4.69) is 0 Å². The Hall–Kier alpha value is -1.98. The van der Waals surface area contributed by atoms with E-state index in [1.54, 1.807) is 19.9 Å². The van der Waals surface area contributed by atoms with Crippen LogP contribution in [0.15, 0.2) is 48.5 Å². The molecule has 24 heavy (non-hydrogen) atoms. The van der Waals surface area contributed by atoms with Gasteiger partial charge in [0.15, 0.2) is 0 Å². The van der Waals surface area contributed by atoms with Crippen molar-refractivity contribution in [3.05, 3.63) is 54.1 Å². The maximum atomic E-state index is 10.1. The van der Waals surface area contributed by atoms with Crippen LogP contribution in [0.3, 0.4) is 0 Å². The summed E-state index contributed by atoms with van der Waals surface area (Å²) in [5.41, 5.74) is 7.08. The number of aliphatic hydroxyl groups is 1. The second kappa shape index (κ2) is 7.28. The minimum atomic E-state index is -0.944. The third-order valence-electron chi connectivity index (χ3n) is 4.43. The Morgan fingerprint density at radius 2 is 1.71 bits per heavy atom. The van der Waals surface area contributed by atoms with Crippen molar-refractivity contribution in [2.45, 2.75) is 45.5 Å². The molecule has 0 aliphatic rings. The Morgan fingerprint density at radius 3 is 2.29 bits per heavy atom. The van der Waals surface area contributed by atoms with E-state index in [9.17, 15) is 5.11 Å². The van der Waals surface area contributed by atoms with Crippen LogP contribution in [0.2, 0.25) is 0 Å². The van der Waals surface area contributed by atoms with E-state index in [0.717, 1.165) is 16.8 Å². The number of ether oxygens (including phenoxy) is 1. The highest BCUT2D eigenvalue weighted by Crippen LogP contribution is 2.24. The van der Waals surface area contributed by atoms with Crippen molar-refractivity contribution in [1.82, 2.24) is 0 Å². The second-order valence-corrected chi connectivity index (χ2v) is 6.99. The highest BCUT2D eigenvalue weighted by atomic mass is 16.5. The van der Waals surface area contributed by atoms with Gasteiger partial charge in [-0.1, -0.05) is 36.4 Å². The molecule has 2 aromatic carbocycles. The molecule has 0 unspecified atom stereocenters. The summed E-state index contributed by atoms with van der Waals surface area (Å²) in [5, 5.41) is 10.1. The molecule has 0 atom stereocenters. The molecule has 0 amide bonds. The van der Waals surface area contributed by atoms with Gasteiger partial charge in [0, 0.05) is 11.8 Å². The lowest BCUT2D eigenvalue weighted by atomic mass is 9.82. The van der Waals surface area contributed by atoms with Crippen LogP contribution in [0.1, 0.15) is 33.3 Å². The number of nitrogen functional groups attached to an aromatic ring is 1. The van der Waals surface area contributed by atoms with E-state index in [-0.39, 0.29) is 0 Å². The van der Waals surface area contributed by atoms with Crippen LogP contribution >= 0.6 is 0 Å². The summed E-state index contributed by atoms with van der Waals surface area (Å²) in [5.74, 6) is 0.724. The van der Waals surface area contributed by atoms with E-state index in [1.807, 2.05) is 56.3 Å². The Labute approximate surface area is 144 Å². The quantitative estimate of drug-likeness (QED) is 0.605. The molecule has 2 aromatic rings. The molecular formula is C19H26BNO3. The first kappa shape index (κ1) is 18.4. The van der Waals surface area contributed by atoms with Gasteiger partial charge >= 0.3 is 7.48 Å². The van der Waals surface area contributed by atoms with Crippen LogP contribution in [-0.4, -0.2) is 23.8 Å². The van der Waals surface area contributed by atoms with Gasteiger partial charge in [-0.05, 0) is 44.8 Å². The molecule has 128 valence electrons. The molecule has 4 nitrogen and oxygen atoms in total. The zero-order chi connectivity index (χ0) is 17.8. The lowest BCUT2D eigenvalue weighted by Crippen LogP contribution is -2.49. The summed E-state index contributed by atoms with van der Waals surface area (Å²) in [6, 6.07) is 15.6. The summed E-state index contributed by atoms with van der Waals surface area (Å²) in [7, 11) is 0.335. The molecule has 0 aliphatic heterocycles. The SMILES string of the molecule is CC(C)(O)C(C)(C)OBc1ccc(OCc2ccccc2)cc1N. The molecule has 0 aliphatic carbocycles. The average Bonchev–Trinajstić information content (AvgIpc) is 2.52. The Morgan fingerprint density at radius 1 is 1.04 bits per heavy atom. The topological polar surface area (TPSA) is 64.7 Å². The lowest BCUT2D eigenvalue weighted by Gasteiger charge is -2.37. The lowest BCUT2D eigenvalue weighted by molar-refractivity contribution is -0.0893. The van der Waals surface area contributed by atoms with E-state index in [0.29, 0.717) is 19.8 Å². The number of hydrogen-bond acceptors (Lipinski definition) is 4. The molecule has 0 fully saturated rings. The van der Waals surface area contributed by atoms with Crippen molar-refractivity contribution < 1.29 is 14.5 Å². The highest BCUT2D eigenvalue weighted by Gasteiger charge is 2.35. The molecule has 3 N–H and O–H groups in total. The van der Waals surface area contributed by atoms with Crippen LogP contribution in [-0.2, 0) is 11.3 Å². The molecule has 0 radical (unpaired) electrons. The largest absolute Gasteiger partial charge is 0.489 e. The fraction of sp³-hybridized carbons (Fsp3) is 0.368. The first-order valence-electron chi connectivity index (χ1n) is 8.10. The van der Waals surface area contributed by atoms with Crippen molar-refractivity contribution in [3.63, 3.8) is 0 Å². The van der Waals surface area contributed by atoms with Gasteiger partial charge in [0.05, 0.1) is 11.2 Å². The summed E-state index contributed by atoms with van der Waals surface area (Å²) >= 11 is 0. The van der Waals surface area contributed by atoms with Crippen molar-refractivity contribution in [1.29, 1.82) is 0 Å². The van der Waals surface area contributed by atoms with Gasteiger partial charge in [-0.15, -0.1) is 0 Å². The molecule has 0 heterocycles. The maximum Gasteiger partial charge on any atom is 0.311 e. The molecular weight excluding hydrogens is 301 g/mol. The zero-order valence-electron chi connectivity index (χ0n) is 14.9. The molecule has 0 aromatic heterocycles. The smallest absolute Gasteiger partial charge is 0.311 e. The molecule has 0 spiro atoms. The number of hydrogen-bond donors (Lipinski definition) is 2. The molecule has 0 saturated carbocycles. The van der Waals surface area contributed by atoms with Crippen LogP contribution in [0.25, 0.3) is 0 Å². The Bertz CT molecular complexity index is 666. The predicted molar refractivity (Wildman–Crippen MR) is 99.9 cm³/mol. The second-order valence-electron chi connectivity index (χ2n) is 6.99. The van der Waals surface area contributed by atoms with Gasteiger partial charge in [0.2, 0.25) is 0 Å². The number of anilines is 1. The highest BCUT2D eigenvalue weighted by molar-refractivity contribution is 6.49. The summed E-state index contributed by atoms with van der Waals surface area (Å²) in [6.45, 7) is 7.69. The Kier molecular flexibility index (Phi) is 5.57.